The minimum absolute atomic E-state index is 0.0219. The molecule has 0 radical (unpaired) electrons. The van der Waals surface area contributed by atoms with Gasteiger partial charge in [-0.2, -0.15) is 5.26 Å². The summed E-state index contributed by atoms with van der Waals surface area (Å²) in [4.78, 5) is 16.8. The monoisotopic (exact) mass is 402 g/mol. The van der Waals surface area contributed by atoms with Crippen molar-refractivity contribution in [1.29, 1.82) is 5.26 Å². The number of sulfonamides is 1. The van der Waals surface area contributed by atoms with Gasteiger partial charge in [0.25, 0.3) is 0 Å². The predicted molar refractivity (Wildman–Crippen MR) is 103 cm³/mol. The van der Waals surface area contributed by atoms with Crippen molar-refractivity contribution in [3.63, 3.8) is 0 Å². The van der Waals surface area contributed by atoms with Gasteiger partial charge in [-0.25, -0.2) is 18.5 Å². The molecule has 0 fully saturated rings. The smallest absolute Gasteiger partial charge is 0.238 e. The van der Waals surface area contributed by atoms with Gasteiger partial charge in [-0.3, -0.25) is 4.79 Å². The number of nitrogens with zero attached hydrogens (tertiary/aromatic N) is 2. The van der Waals surface area contributed by atoms with E-state index in [4.69, 9.17) is 5.14 Å². The first-order chi connectivity index (χ1) is 12.8. The molecule has 1 aliphatic carbocycles. The van der Waals surface area contributed by atoms with Crippen LogP contribution in [0.25, 0.3) is 0 Å². The molecule has 1 heterocycles. The Morgan fingerprint density at radius 1 is 1.33 bits per heavy atom. The number of nitrogens with two attached hydrogens (primary N) is 1. The number of nitriles is 1. The van der Waals surface area contributed by atoms with Crippen molar-refractivity contribution >= 4 is 33.4 Å². The SMILES string of the molecule is Cc1c(C#N)c(SCC(=O)Nc2ccc(S(N)(=O)=O)cc2)nc2c1CCC2. The molecule has 0 saturated carbocycles. The van der Waals surface area contributed by atoms with E-state index in [1.807, 2.05) is 6.92 Å². The number of anilines is 1. The van der Waals surface area contributed by atoms with Gasteiger partial charge in [0.2, 0.25) is 15.9 Å². The molecule has 0 atom stereocenters. The Bertz CT molecular complexity index is 1040. The second-order valence-electron chi connectivity index (χ2n) is 6.21. The summed E-state index contributed by atoms with van der Waals surface area (Å²) in [5.41, 5.74) is 4.14. The van der Waals surface area contributed by atoms with Gasteiger partial charge in [-0.15, -0.1) is 0 Å². The topological polar surface area (TPSA) is 126 Å². The standard InChI is InChI=1S/C18H18N4O3S2/c1-11-14-3-2-4-16(14)22-18(15(11)9-19)26-10-17(23)21-12-5-7-13(8-6-12)27(20,24)25/h5-8H,2-4,10H2,1H3,(H,21,23)(H2,20,24,25). The number of pyridine rings is 1. The fourth-order valence-corrected chi connectivity index (χ4v) is 4.41. The highest BCUT2D eigenvalue weighted by molar-refractivity contribution is 8.00. The second-order valence-corrected chi connectivity index (χ2v) is 8.74. The van der Waals surface area contributed by atoms with Gasteiger partial charge in [-0.1, -0.05) is 11.8 Å². The third kappa shape index (κ3) is 4.30. The number of benzene rings is 1. The predicted octanol–water partition coefficient (Wildman–Crippen LogP) is 2.13. The molecule has 7 nitrogen and oxygen atoms in total. The van der Waals surface area contributed by atoms with Crippen LogP contribution >= 0.6 is 11.8 Å². The molecule has 0 unspecified atom stereocenters. The van der Waals surface area contributed by atoms with Gasteiger partial charge < -0.3 is 5.32 Å². The van der Waals surface area contributed by atoms with Crippen LogP contribution in [0.5, 0.6) is 0 Å². The lowest BCUT2D eigenvalue weighted by atomic mass is 10.0. The number of aryl methyl sites for hydroxylation is 1. The third-order valence-electron chi connectivity index (χ3n) is 4.39. The summed E-state index contributed by atoms with van der Waals surface area (Å²) >= 11 is 1.23. The number of amides is 1. The van der Waals surface area contributed by atoms with Gasteiger partial charge >= 0.3 is 0 Å². The zero-order valence-corrected chi connectivity index (χ0v) is 16.3. The maximum atomic E-state index is 12.2. The molecule has 9 heteroatoms. The summed E-state index contributed by atoms with van der Waals surface area (Å²) in [6, 6.07) is 7.81. The van der Waals surface area contributed by atoms with Crippen molar-refractivity contribution in [2.75, 3.05) is 11.1 Å². The molecule has 0 aliphatic heterocycles. The summed E-state index contributed by atoms with van der Waals surface area (Å²) in [5.74, 6) is -0.177. The Morgan fingerprint density at radius 2 is 2.04 bits per heavy atom. The Morgan fingerprint density at radius 3 is 2.67 bits per heavy atom. The lowest BCUT2D eigenvalue weighted by Crippen LogP contribution is -2.15. The molecule has 3 rings (SSSR count). The van der Waals surface area contributed by atoms with E-state index >= 15 is 0 Å². The van der Waals surface area contributed by atoms with Crippen LogP contribution in [-0.2, 0) is 27.7 Å². The number of aromatic nitrogens is 1. The van der Waals surface area contributed by atoms with Crippen molar-refractivity contribution in [2.45, 2.75) is 36.1 Å². The number of carbonyl (C=O) groups excluding carboxylic acids is 1. The molecule has 1 aromatic carbocycles. The number of fused-ring (bicyclic) bond motifs is 1. The molecule has 3 N–H and O–H groups in total. The van der Waals surface area contributed by atoms with E-state index in [0.29, 0.717) is 16.3 Å². The van der Waals surface area contributed by atoms with Gasteiger partial charge in [-0.05, 0) is 61.6 Å². The van der Waals surface area contributed by atoms with Crippen LogP contribution in [0, 0.1) is 18.3 Å². The number of carbonyl (C=O) groups is 1. The molecule has 2 aromatic rings. The fraction of sp³-hybridized carbons (Fsp3) is 0.278. The average molecular weight is 403 g/mol. The number of rotatable bonds is 5. The summed E-state index contributed by atoms with van der Waals surface area (Å²) < 4.78 is 22.5. The first-order valence-electron chi connectivity index (χ1n) is 8.27. The average Bonchev–Trinajstić information content (AvgIpc) is 3.08. The maximum absolute atomic E-state index is 12.2. The normalized spacial score (nSPS) is 13.1. The van der Waals surface area contributed by atoms with Crippen LogP contribution in [0.3, 0.4) is 0 Å². The van der Waals surface area contributed by atoms with E-state index in [1.165, 1.54) is 36.0 Å². The van der Waals surface area contributed by atoms with Crippen molar-refractivity contribution in [2.24, 2.45) is 5.14 Å². The van der Waals surface area contributed by atoms with Crippen LogP contribution in [0.15, 0.2) is 34.2 Å². The maximum Gasteiger partial charge on any atom is 0.238 e. The van der Waals surface area contributed by atoms with Gasteiger partial charge in [0.15, 0.2) is 0 Å². The van der Waals surface area contributed by atoms with E-state index in [2.05, 4.69) is 16.4 Å². The number of thioether (sulfide) groups is 1. The molecular weight excluding hydrogens is 384 g/mol. The highest BCUT2D eigenvalue weighted by Crippen LogP contribution is 2.31. The molecule has 1 aliphatic rings. The van der Waals surface area contributed by atoms with E-state index in [-0.39, 0.29) is 16.6 Å². The van der Waals surface area contributed by atoms with Crippen LogP contribution in [0.1, 0.15) is 28.8 Å². The number of hydrogen-bond acceptors (Lipinski definition) is 6. The lowest BCUT2D eigenvalue weighted by molar-refractivity contribution is -0.113. The van der Waals surface area contributed by atoms with Gasteiger partial charge in [0.05, 0.1) is 16.2 Å². The summed E-state index contributed by atoms with van der Waals surface area (Å²) in [6.45, 7) is 1.93. The second kappa shape index (κ2) is 7.68. The summed E-state index contributed by atoms with van der Waals surface area (Å²) in [7, 11) is -3.77. The third-order valence-corrected chi connectivity index (χ3v) is 6.29. The largest absolute Gasteiger partial charge is 0.325 e. The minimum Gasteiger partial charge on any atom is -0.325 e. The van der Waals surface area contributed by atoms with Crippen molar-refractivity contribution in [1.82, 2.24) is 4.98 Å². The van der Waals surface area contributed by atoms with Gasteiger partial charge in [0, 0.05) is 11.4 Å². The number of nitrogens with one attached hydrogen (secondary N) is 1. The molecule has 140 valence electrons. The van der Waals surface area contributed by atoms with Crippen molar-refractivity contribution in [3.8, 4) is 6.07 Å². The van der Waals surface area contributed by atoms with Crippen LogP contribution in [0.2, 0.25) is 0 Å². The fourth-order valence-electron chi connectivity index (χ4n) is 3.04. The van der Waals surface area contributed by atoms with E-state index in [0.717, 1.165) is 36.1 Å². The molecule has 27 heavy (non-hydrogen) atoms. The summed E-state index contributed by atoms with van der Waals surface area (Å²) in [5, 5.41) is 17.8. The Kier molecular flexibility index (Phi) is 5.51. The highest BCUT2D eigenvalue weighted by atomic mass is 32.2. The van der Waals surface area contributed by atoms with Crippen LogP contribution in [0.4, 0.5) is 5.69 Å². The van der Waals surface area contributed by atoms with E-state index in [1.54, 1.807) is 0 Å². The van der Waals surface area contributed by atoms with Crippen molar-refractivity contribution < 1.29 is 13.2 Å². The highest BCUT2D eigenvalue weighted by Gasteiger charge is 2.21. The van der Waals surface area contributed by atoms with Crippen LogP contribution < -0.4 is 10.5 Å². The van der Waals surface area contributed by atoms with Gasteiger partial charge in [0.1, 0.15) is 11.1 Å². The molecule has 1 aromatic heterocycles. The zero-order valence-electron chi connectivity index (χ0n) is 14.7. The quantitative estimate of drug-likeness (QED) is 0.738. The molecular formula is C18H18N4O3S2. The lowest BCUT2D eigenvalue weighted by Gasteiger charge is -2.11. The zero-order chi connectivity index (χ0) is 19.6. The number of hydrogen-bond donors (Lipinski definition) is 2. The van der Waals surface area contributed by atoms with Crippen LogP contribution in [-0.4, -0.2) is 25.1 Å². The Labute approximate surface area is 162 Å². The minimum atomic E-state index is -3.77. The molecule has 0 bridgehead atoms. The first kappa shape index (κ1) is 19.4. The Hall–Kier alpha value is -2.41. The van der Waals surface area contributed by atoms with Crippen molar-refractivity contribution in [3.05, 3.63) is 46.6 Å². The molecule has 0 spiro atoms. The van der Waals surface area contributed by atoms with E-state index in [9.17, 15) is 18.5 Å². The first-order valence-corrected chi connectivity index (χ1v) is 10.8. The Balaban J connectivity index is 1.68. The number of primary sulfonamides is 1. The summed E-state index contributed by atoms with van der Waals surface area (Å²) in [6.07, 6.45) is 2.89. The van der Waals surface area contributed by atoms with E-state index < -0.39 is 10.0 Å². The molecule has 1 amide bonds. The molecule has 0 saturated heterocycles.